The number of nitrogens with zero attached hydrogens (tertiary/aromatic N) is 3. The van der Waals surface area contributed by atoms with Crippen molar-refractivity contribution in [3.63, 3.8) is 0 Å². The molecule has 0 spiro atoms. The second-order valence-electron chi connectivity index (χ2n) is 12.2. The highest BCUT2D eigenvalue weighted by atomic mass is 16.5. The Balaban J connectivity index is 1.60. The predicted octanol–water partition coefficient (Wildman–Crippen LogP) is 6.29. The number of fused-ring (bicyclic) bond motifs is 2. The number of nitrogens with one attached hydrogen (secondary N) is 1. The second kappa shape index (κ2) is 13.0. The van der Waals surface area contributed by atoms with Crippen LogP contribution in [0.25, 0.3) is 0 Å². The molecule has 8 nitrogen and oxygen atoms in total. The maximum atomic E-state index is 13.6. The van der Waals surface area contributed by atoms with E-state index in [9.17, 15) is 14.7 Å². The summed E-state index contributed by atoms with van der Waals surface area (Å²) in [6.45, 7) is 11.2. The minimum Gasteiger partial charge on any atom is -0.481 e. The first kappa shape index (κ1) is 30.4. The number of carbonyl (C=O) groups excluding carboxylic acids is 1. The summed E-state index contributed by atoms with van der Waals surface area (Å²) in [5.74, 6) is 0.461. The minimum absolute atomic E-state index is 0.0191. The van der Waals surface area contributed by atoms with Gasteiger partial charge in [0.2, 0.25) is 5.88 Å². The maximum Gasteiger partial charge on any atom is 0.407 e. The lowest BCUT2D eigenvalue weighted by Gasteiger charge is -2.45. The number of allylic oxidation sites excluding steroid dienone is 2. The van der Waals surface area contributed by atoms with E-state index in [0.29, 0.717) is 24.4 Å². The maximum absolute atomic E-state index is 13.6. The molecule has 2 amide bonds. The number of carbonyl (C=O) groups is 2. The summed E-state index contributed by atoms with van der Waals surface area (Å²) in [7, 11) is 1.62. The van der Waals surface area contributed by atoms with Crippen LogP contribution in [0.15, 0.2) is 36.4 Å². The Bertz CT molecular complexity index is 1270. The van der Waals surface area contributed by atoms with Gasteiger partial charge in [-0.25, -0.2) is 9.78 Å². The zero-order valence-electron chi connectivity index (χ0n) is 25.5. The van der Waals surface area contributed by atoms with Crippen molar-refractivity contribution in [1.82, 2.24) is 15.2 Å². The summed E-state index contributed by atoms with van der Waals surface area (Å²) in [6.07, 6.45) is 9.43. The van der Waals surface area contributed by atoms with Gasteiger partial charge < -0.3 is 25.0 Å². The fraction of sp³-hybridized carbons (Fsp3) is 0.545. The number of benzene rings is 1. The Morgan fingerprint density at radius 3 is 2.46 bits per heavy atom. The van der Waals surface area contributed by atoms with Crippen LogP contribution in [-0.2, 0) is 19.4 Å². The Labute approximate surface area is 244 Å². The molecule has 2 aromatic rings. The van der Waals surface area contributed by atoms with Crippen LogP contribution >= 0.6 is 0 Å². The number of pyridine rings is 1. The van der Waals surface area contributed by atoms with Gasteiger partial charge in [0.25, 0.3) is 5.91 Å². The van der Waals surface area contributed by atoms with Gasteiger partial charge >= 0.3 is 6.09 Å². The molecule has 41 heavy (non-hydrogen) atoms. The van der Waals surface area contributed by atoms with Crippen molar-refractivity contribution in [2.45, 2.75) is 104 Å². The Hall–Kier alpha value is -3.55. The molecule has 0 radical (unpaired) electrons. The van der Waals surface area contributed by atoms with Gasteiger partial charge in [0.05, 0.1) is 7.11 Å². The molecule has 2 N–H and O–H groups in total. The average Bonchev–Trinajstić information content (AvgIpc) is 2.91. The van der Waals surface area contributed by atoms with Gasteiger partial charge in [0.15, 0.2) is 0 Å². The molecule has 0 saturated heterocycles. The molecule has 222 valence electrons. The van der Waals surface area contributed by atoms with Crippen LogP contribution in [0.2, 0.25) is 0 Å². The van der Waals surface area contributed by atoms with E-state index in [1.165, 1.54) is 0 Å². The van der Waals surface area contributed by atoms with Crippen molar-refractivity contribution in [1.29, 1.82) is 0 Å². The molecule has 1 fully saturated rings. The number of aromatic nitrogens is 1. The van der Waals surface area contributed by atoms with E-state index in [4.69, 9.17) is 4.74 Å². The number of hydrogen-bond acceptors (Lipinski definition) is 5. The van der Waals surface area contributed by atoms with Crippen molar-refractivity contribution in [3.8, 4) is 5.88 Å². The summed E-state index contributed by atoms with van der Waals surface area (Å²) in [5.41, 5.74) is 5.35. The molecule has 2 aliphatic rings. The first-order chi connectivity index (χ1) is 19.5. The molecule has 1 aliphatic carbocycles. The largest absolute Gasteiger partial charge is 0.481 e. The number of rotatable bonds is 5. The number of methoxy groups -OCH3 is 1. The highest BCUT2D eigenvalue weighted by Crippen LogP contribution is 2.35. The van der Waals surface area contributed by atoms with Crippen LogP contribution in [0, 0.1) is 6.92 Å². The van der Waals surface area contributed by atoms with Crippen molar-refractivity contribution in [2.24, 2.45) is 0 Å². The summed E-state index contributed by atoms with van der Waals surface area (Å²) in [6, 6.07) is 8.41. The number of aryl methyl sites for hydroxylation is 2. The smallest absolute Gasteiger partial charge is 0.407 e. The number of amides is 2. The quantitative estimate of drug-likeness (QED) is 0.416. The number of carboxylic acid groups (broad SMARTS) is 1. The van der Waals surface area contributed by atoms with Crippen molar-refractivity contribution in [3.05, 3.63) is 64.4 Å². The zero-order valence-corrected chi connectivity index (χ0v) is 25.5. The van der Waals surface area contributed by atoms with E-state index in [1.54, 1.807) is 12.0 Å². The molecular formula is C33H46N4O4. The summed E-state index contributed by atoms with van der Waals surface area (Å²) < 4.78 is 5.59. The Morgan fingerprint density at radius 2 is 1.83 bits per heavy atom. The van der Waals surface area contributed by atoms with Gasteiger partial charge in [0.1, 0.15) is 0 Å². The zero-order chi connectivity index (χ0) is 29.7. The Kier molecular flexibility index (Phi) is 9.61. The Morgan fingerprint density at radius 1 is 1.12 bits per heavy atom. The molecule has 0 atom stereocenters. The van der Waals surface area contributed by atoms with E-state index >= 15 is 0 Å². The van der Waals surface area contributed by atoms with E-state index in [0.717, 1.165) is 73.1 Å². The second-order valence-corrected chi connectivity index (χ2v) is 12.2. The van der Waals surface area contributed by atoms with Gasteiger partial charge in [-0.05, 0) is 109 Å². The third-order valence-corrected chi connectivity index (χ3v) is 8.44. The summed E-state index contributed by atoms with van der Waals surface area (Å²) in [5, 5.41) is 13.1. The van der Waals surface area contributed by atoms with E-state index < -0.39 is 11.6 Å². The molecule has 1 aliphatic heterocycles. The van der Waals surface area contributed by atoms with Gasteiger partial charge in [-0.15, -0.1) is 0 Å². The highest BCUT2D eigenvalue weighted by Gasteiger charge is 2.37. The van der Waals surface area contributed by atoms with Crippen LogP contribution < -0.4 is 15.0 Å². The third-order valence-electron chi connectivity index (χ3n) is 8.44. The molecule has 1 aromatic carbocycles. The van der Waals surface area contributed by atoms with Crippen LogP contribution in [0.4, 0.5) is 10.5 Å². The van der Waals surface area contributed by atoms with Gasteiger partial charge in [-0.1, -0.05) is 18.2 Å². The minimum atomic E-state index is -0.847. The van der Waals surface area contributed by atoms with Gasteiger partial charge in [-0.3, -0.25) is 4.79 Å². The van der Waals surface area contributed by atoms with Crippen molar-refractivity contribution >= 4 is 17.7 Å². The molecule has 0 unspecified atom stereocenters. The topological polar surface area (TPSA) is 95.0 Å². The first-order valence-electron chi connectivity index (χ1n) is 14.9. The number of ether oxygens (including phenoxy) is 1. The molecule has 8 heteroatoms. The normalized spacial score (nSPS) is 19.6. The average molecular weight is 563 g/mol. The molecule has 0 bridgehead atoms. The fourth-order valence-electron chi connectivity index (χ4n) is 6.65. The monoisotopic (exact) mass is 562 g/mol. The summed E-state index contributed by atoms with van der Waals surface area (Å²) >= 11 is 0. The van der Waals surface area contributed by atoms with Crippen LogP contribution in [0.5, 0.6) is 5.88 Å². The number of hydrogen-bond donors (Lipinski definition) is 2. The molecular weight excluding hydrogens is 516 g/mol. The van der Waals surface area contributed by atoms with Crippen LogP contribution in [-0.4, -0.2) is 58.3 Å². The van der Waals surface area contributed by atoms with E-state index in [-0.39, 0.29) is 18.0 Å². The lowest BCUT2D eigenvalue weighted by atomic mass is 9.86. The standard InChI is InChI=1S/C33H46N4O4/c1-7-36(24-16-18-25(19-17-24)37(32(39)40)33(3,4)5)29-15-11-14-27-26(29)13-10-8-9-12-23-20-22(2)35-31(41-6)28(23)21-34-30(27)38/h8,10-11,14-15,20,24-25H,7,9,12-13,16-19,21H2,1-6H3,(H,34,38)(H,39,40)/t24-,25-. The molecule has 2 heterocycles. The lowest BCUT2D eigenvalue weighted by molar-refractivity contribution is 0.0545. The van der Waals surface area contributed by atoms with Crippen molar-refractivity contribution in [2.75, 3.05) is 18.6 Å². The third kappa shape index (κ3) is 6.85. The molecule has 1 aromatic heterocycles. The first-order valence-corrected chi connectivity index (χ1v) is 14.9. The van der Waals surface area contributed by atoms with Gasteiger partial charge in [0, 0.05) is 53.2 Å². The predicted molar refractivity (Wildman–Crippen MR) is 163 cm³/mol. The van der Waals surface area contributed by atoms with Gasteiger partial charge in [-0.2, -0.15) is 0 Å². The molecule has 1 saturated carbocycles. The molecule has 4 rings (SSSR count). The summed E-state index contributed by atoms with van der Waals surface area (Å²) in [4.78, 5) is 34.3. The van der Waals surface area contributed by atoms with Crippen LogP contribution in [0.3, 0.4) is 0 Å². The highest BCUT2D eigenvalue weighted by molar-refractivity contribution is 5.97. The fourth-order valence-corrected chi connectivity index (χ4v) is 6.65. The van der Waals surface area contributed by atoms with E-state index in [2.05, 4.69) is 46.4 Å². The number of anilines is 1. The SMILES string of the molecule is CCN(c1cccc2c1CC=CCCc1cc(C)nc(OC)c1CNC2=O)[C@H]1CC[C@H](N(C(=O)O)C(C)(C)C)CC1. The lowest BCUT2D eigenvalue weighted by Crippen LogP contribution is -2.53. The van der Waals surface area contributed by atoms with E-state index in [1.807, 2.05) is 39.8 Å². The van der Waals surface area contributed by atoms with Crippen molar-refractivity contribution < 1.29 is 19.4 Å². The van der Waals surface area contributed by atoms with Crippen LogP contribution in [0.1, 0.15) is 92.5 Å².